The average molecular weight is 218 g/mol. The van der Waals surface area contributed by atoms with E-state index in [-0.39, 0.29) is 11.8 Å². The second kappa shape index (κ2) is 4.61. The summed E-state index contributed by atoms with van der Waals surface area (Å²) < 4.78 is 0. The number of aliphatic hydroxyl groups is 1. The van der Waals surface area contributed by atoms with Crippen molar-refractivity contribution in [3.05, 3.63) is 0 Å². The van der Waals surface area contributed by atoms with Gasteiger partial charge in [-0.2, -0.15) is 0 Å². The molecule has 5 heteroatoms. The molecule has 0 radical (unpaired) electrons. The molecule has 0 saturated heterocycles. The van der Waals surface area contributed by atoms with E-state index in [9.17, 15) is 14.7 Å². The molecule has 0 aromatic rings. The Bertz CT molecular complexity index is 253. The molecule has 0 fully saturated rings. The van der Waals surface area contributed by atoms with Crippen molar-refractivity contribution in [3.63, 3.8) is 0 Å². The summed E-state index contributed by atoms with van der Waals surface area (Å²) in [6, 6.07) is 0. The third-order valence-corrected chi connectivity index (χ3v) is 2.13. The van der Waals surface area contributed by atoms with Crippen molar-refractivity contribution < 1.29 is 24.9 Å². The number of carbonyl (C=O) groups is 2. The summed E-state index contributed by atoms with van der Waals surface area (Å²) in [5.74, 6) is -2.79. The van der Waals surface area contributed by atoms with Gasteiger partial charge in [-0.3, -0.25) is 4.79 Å². The lowest BCUT2D eigenvalue weighted by atomic mass is 9.83. The first-order chi connectivity index (χ1) is 6.57. The number of carboxylic acid groups (broad SMARTS) is 2. The molecule has 88 valence electrons. The Hall–Kier alpha value is -1.10. The predicted octanol–water partition coefficient (Wildman–Crippen LogP) is 1.10. The van der Waals surface area contributed by atoms with Gasteiger partial charge in [0.05, 0.1) is 6.42 Å². The van der Waals surface area contributed by atoms with Crippen molar-refractivity contribution in [2.75, 3.05) is 0 Å². The molecular formula is C10H18O5. The van der Waals surface area contributed by atoms with Gasteiger partial charge in [0.25, 0.3) is 0 Å². The second-order valence-corrected chi connectivity index (χ2v) is 4.97. The van der Waals surface area contributed by atoms with Crippen molar-refractivity contribution in [3.8, 4) is 0 Å². The minimum absolute atomic E-state index is 0.0574. The fraction of sp³-hybridized carbons (Fsp3) is 0.800. The molecule has 0 aliphatic rings. The SMILES string of the molecule is CC(C)(C)CCC(O)(CC(=O)O)C(=O)O. The van der Waals surface area contributed by atoms with Crippen molar-refractivity contribution in [1.82, 2.24) is 0 Å². The smallest absolute Gasteiger partial charge is 0.336 e. The zero-order valence-electron chi connectivity index (χ0n) is 9.28. The lowest BCUT2D eigenvalue weighted by molar-refractivity contribution is -0.166. The second-order valence-electron chi connectivity index (χ2n) is 4.97. The van der Waals surface area contributed by atoms with Gasteiger partial charge in [0.1, 0.15) is 0 Å². The molecule has 3 N–H and O–H groups in total. The highest BCUT2D eigenvalue weighted by atomic mass is 16.4. The quantitative estimate of drug-likeness (QED) is 0.642. The Kier molecular flexibility index (Phi) is 4.27. The molecule has 0 saturated carbocycles. The lowest BCUT2D eigenvalue weighted by Gasteiger charge is -2.26. The average Bonchev–Trinajstić information content (AvgIpc) is 1.98. The largest absolute Gasteiger partial charge is 0.481 e. The lowest BCUT2D eigenvalue weighted by Crippen LogP contribution is -2.41. The molecule has 0 amide bonds. The Labute approximate surface area is 88.7 Å². The van der Waals surface area contributed by atoms with Crippen molar-refractivity contribution >= 4 is 11.9 Å². The number of hydrogen-bond donors (Lipinski definition) is 3. The fourth-order valence-corrected chi connectivity index (χ4v) is 1.10. The van der Waals surface area contributed by atoms with Crippen LogP contribution in [0.5, 0.6) is 0 Å². The van der Waals surface area contributed by atoms with Crippen molar-refractivity contribution in [2.45, 2.75) is 45.6 Å². The van der Waals surface area contributed by atoms with Crippen LogP contribution in [0, 0.1) is 5.41 Å². The number of carboxylic acids is 2. The maximum Gasteiger partial charge on any atom is 0.336 e. The first kappa shape index (κ1) is 13.9. The van der Waals surface area contributed by atoms with Crippen LogP contribution in [-0.2, 0) is 9.59 Å². The third kappa shape index (κ3) is 5.37. The fourth-order valence-electron chi connectivity index (χ4n) is 1.10. The molecule has 0 heterocycles. The van der Waals surface area contributed by atoms with Gasteiger partial charge in [0.15, 0.2) is 5.60 Å². The summed E-state index contributed by atoms with van der Waals surface area (Å²) in [6.07, 6.45) is -0.375. The summed E-state index contributed by atoms with van der Waals surface area (Å²) >= 11 is 0. The van der Waals surface area contributed by atoms with Gasteiger partial charge in [0.2, 0.25) is 0 Å². The van der Waals surface area contributed by atoms with Gasteiger partial charge < -0.3 is 15.3 Å². The molecule has 0 aliphatic heterocycles. The van der Waals surface area contributed by atoms with Gasteiger partial charge in [-0.25, -0.2) is 4.79 Å². The molecule has 1 unspecified atom stereocenters. The van der Waals surface area contributed by atoms with E-state index in [0.717, 1.165) is 0 Å². The molecule has 0 aromatic heterocycles. The van der Waals surface area contributed by atoms with Crippen LogP contribution in [0.25, 0.3) is 0 Å². The zero-order chi connectivity index (χ0) is 12.3. The maximum absolute atomic E-state index is 10.8. The van der Waals surface area contributed by atoms with E-state index in [4.69, 9.17) is 10.2 Å². The van der Waals surface area contributed by atoms with Crippen LogP contribution >= 0.6 is 0 Å². The van der Waals surface area contributed by atoms with E-state index >= 15 is 0 Å². The monoisotopic (exact) mass is 218 g/mol. The topological polar surface area (TPSA) is 94.8 Å². The van der Waals surface area contributed by atoms with E-state index in [1.54, 1.807) is 0 Å². The predicted molar refractivity (Wildman–Crippen MR) is 53.5 cm³/mol. The standard InChI is InChI=1S/C10H18O5/c1-9(2,3)4-5-10(15,8(13)14)6-7(11)12/h15H,4-6H2,1-3H3,(H,11,12)(H,13,14). The van der Waals surface area contributed by atoms with Crippen LogP contribution in [0.2, 0.25) is 0 Å². The molecule has 1 atom stereocenters. The maximum atomic E-state index is 10.8. The van der Waals surface area contributed by atoms with E-state index in [2.05, 4.69) is 0 Å². The summed E-state index contributed by atoms with van der Waals surface area (Å²) in [6.45, 7) is 5.70. The van der Waals surface area contributed by atoms with Crippen LogP contribution in [0.4, 0.5) is 0 Å². The van der Waals surface area contributed by atoms with Crippen LogP contribution in [0.3, 0.4) is 0 Å². The third-order valence-electron chi connectivity index (χ3n) is 2.13. The summed E-state index contributed by atoms with van der Waals surface area (Å²) in [4.78, 5) is 21.2. The van der Waals surface area contributed by atoms with Crippen LogP contribution in [0.1, 0.15) is 40.0 Å². The summed E-state index contributed by atoms with van der Waals surface area (Å²) in [7, 11) is 0. The van der Waals surface area contributed by atoms with Crippen LogP contribution < -0.4 is 0 Å². The molecule has 5 nitrogen and oxygen atoms in total. The Morgan fingerprint density at radius 2 is 1.53 bits per heavy atom. The summed E-state index contributed by atoms with van der Waals surface area (Å²) in [5, 5.41) is 26.9. The molecule has 0 spiro atoms. The number of hydrogen-bond acceptors (Lipinski definition) is 3. The highest BCUT2D eigenvalue weighted by Gasteiger charge is 2.39. The molecule has 0 aliphatic carbocycles. The van der Waals surface area contributed by atoms with Gasteiger partial charge >= 0.3 is 11.9 Å². The van der Waals surface area contributed by atoms with Gasteiger partial charge in [-0.05, 0) is 18.3 Å². The first-order valence-corrected chi connectivity index (χ1v) is 4.74. The van der Waals surface area contributed by atoms with Crippen molar-refractivity contribution in [1.29, 1.82) is 0 Å². The molecular weight excluding hydrogens is 200 g/mol. The van der Waals surface area contributed by atoms with Crippen LogP contribution in [0.15, 0.2) is 0 Å². The molecule has 0 bridgehead atoms. The first-order valence-electron chi connectivity index (χ1n) is 4.74. The van der Waals surface area contributed by atoms with E-state index < -0.39 is 24.0 Å². The number of rotatable bonds is 5. The van der Waals surface area contributed by atoms with Gasteiger partial charge in [-0.15, -0.1) is 0 Å². The minimum Gasteiger partial charge on any atom is -0.481 e. The Morgan fingerprint density at radius 3 is 1.80 bits per heavy atom. The Morgan fingerprint density at radius 1 is 1.07 bits per heavy atom. The number of aliphatic carboxylic acids is 2. The van der Waals surface area contributed by atoms with Crippen molar-refractivity contribution in [2.24, 2.45) is 5.41 Å². The molecule has 0 rings (SSSR count). The summed E-state index contributed by atoms with van der Waals surface area (Å²) in [5.41, 5.74) is -2.29. The van der Waals surface area contributed by atoms with Gasteiger partial charge in [-0.1, -0.05) is 20.8 Å². The Balaban J connectivity index is 4.53. The van der Waals surface area contributed by atoms with Crippen LogP contribution in [-0.4, -0.2) is 32.9 Å². The highest BCUT2D eigenvalue weighted by Crippen LogP contribution is 2.27. The normalized spacial score (nSPS) is 15.7. The van der Waals surface area contributed by atoms with E-state index in [0.29, 0.717) is 6.42 Å². The molecule has 0 aromatic carbocycles. The highest BCUT2D eigenvalue weighted by molar-refractivity contribution is 5.83. The zero-order valence-corrected chi connectivity index (χ0v) is 9.28. The van der Waals surface area contributed by atoms with E-state index in [1.165, 1.54) is 0 Å². The molecule has 15 heavy (non-hydrogen) atoms. The van der Waals surface area contributed by atoms with E-state index in [1.807, 2.05) is 20.8 Å². The van der Waals surface area contributed by atoms with Gasteiger partial charge in [0, 0.05) is 0 Å². The minimum atomic E-state index is -2.15.